The second kappa shape index (κ2) is 12.9. The minimum Gasteiger partial charge on any atom is -0.352 e. The molecule has 0 saturated heterocycles. The van der Waals surface area contributed by atoms with Gasteiger partial charge >= 0.3 is 0 Å². The van der Waals surface area contributed by atoms with Gasteiger partial charge < -0.3 is 5.32 Å². The summed E-state index contributed by atoms with van der Waals surface area (Å²) in [6, 6.07) is 3.77. The number of benzene rings is 1. The molecule has 0 fully saturated rings. The van der Waals surface area contributed by atoms with Crippen LogP contribution >= 0.6 is 31.9 Å². The summed E-state index contributed by atoms with van der Waals surface area (Å²) in [5.74, 6) is 0.00678. The van der Waals surface area contributed by atoms with Crippen molar-refractivity contribution in [2.75, 3.05) is 6.54 Å². The maximum Gasteiger partial charge on any atom is 0.251 e. The zero-order chi connectivity index (χ0) is 17.8. The first-order chi connectivity index (χ1) is 11.6. The van der Waals surface area contributed by atoms with E-state index in [9.17, 15) is 4.79 Å². The summed E-state index contributed by atoms with van der Waals surface area (Å²) in [5, 5.41) is 3.02. The van der Waals surface area contributed by atoms with Crippen LogP contribution in [-0.4, -0.2) is 12.5 Å². The van der Waals surface area contributed by atoms with Crippen LogP contribution in [0.5, 0.6) is 0 Å². The first-order valence-corrected chi connectivity index (χ1v) is 10.9. The van der Waals surface area contributed by atoms with Crippen LogP contribution in [0, 0.1) is 6.92 Å². The highest BCUT2D eigenvalue weighted by Gasteiger charge is 2.09. The molecule has 4 heteroatoms. The van der Waals surface area contributed by atoms with Crippen molar-refractivity contribution in [2.45, 2.75) is 78.1 Å². The van der Waals surface area contributed by atoms with E-state index < -0.39 is 0 Å². The highest BCUT2D eigenvalue weighted by atomic mass is 79.9. The third kappa shape index (κ3) is 8.66. The van der Waals surface area contributed by atoms with Crippen molar-refractivity contribution in [2.24, 2.45) is 0 Å². The first kappa shape index (κ1) is 21.7. The van der Waals surface area contributed by atoms with Gasteiger partial charge in [0.15, 0.2) is 0 Å². The van der Waals surface area contributed by atoms with Crippen LogP contribution in [-0.2, 0) is 0 Å². The molecule has 2 nitrogen and oxygen atoms in total. The summed E-state index contributed by atoms with van der Waals surface area (Å²) in [7, 11) is 0. The van der Waals surface area contributed by atoms with E-state index in [4.69, 9.17) is 0 Å². The topological polar surface area (TPSA) is 29.1 Å². The standard InChI is InChI=1S/C20H31Br2NO/c1-3-4-5-6-7-8-9-10-11-12-13-23-20(24)17-14-18(21)16(2)19(22)15-17/h14-15H,3-13H2,1-2H3,(H,23,24). The Hall–Kier alpha value is -0.350. The van der Waals surface area contributed by atoms with Crippen molar-refractivity contribution in [3.63, 3.8) is 0 Å². The maximum atomic E-state index is 12.2. The van der Waals surface area contributed by atoms with Gasteiger partial charge in [-0.1, -0.05) is 96.6 Å². The van der Waals surface area contributed by atoms with Gasteiger partial charge in [-0.05, 0) is 31.0 Å². The summed E-state index contributed by atoms with van der Waals surface area (Å²) in [5.41, 5.74) is 1.81. The van der Waals surface area contributed by atoms with Crippen molar-refractivity contribution < 1.29 is 4.79 Å². The third-order valence-corrected chi connectivity index (χ3v) is 6.01. The van der Waals surface area contributed by atoms with Gasteiger partial charge in [-0.2, -0.15) is 0 Å². The lowest BCUT2D eigenvalue weighted by atomic mass is 10.1. The van der Waals surface area contributed by atoms with Gasteiger partial charge in [0.1, 0.15) is 0 Å². The monoisotopic (exact) mass is 459 g/mol. The smallest absolute Gasteiger partial charge is 0.251 e. The molecule has 0 radical (unpaired) electrons. The number of halogens is 2. The molecule has 24 heavy (non-hydrogen) atoms. The van der Waals surface area contributed by atoms with E-state index in [2.05, 4.69) is 44.1 Å². The summed E-state index contributed by atoms with van der Waals surface area (Å²) >= 11 is 6.98. The van der Waals surface area contributed by atoms with Crippen molar-refractivity contribution >= 4 is 37.8 Å². The van der Waals surface area contributed by atoms with E-state index in [1.807, 2.05) is 19.1 Å². The van der Waals surface area contributed by atoms with E-state index in [0.717, 1.165) is 27.5 Å². The molecule has 0 aliphatic carbocycles. The maximum absolute atomic E-state index is 12.2. The molecular formula is C20H31Br2NO. The zero-order valence-corrected chi connectivity index (χ0v) is 18.3. The lowest BCUT2D eigenvalue weighted by molar-refractivity contribution is 0.0953. The van der Waals surface area contributed by atoms with E-state index in [1.54, 1.807) is 0 Å². The van der Waals surface area contributed by atoms with Gasteiger partial charge in [0.25, 0.3) is 5.91 Å². The number of nitrogens with one attached hydrogen (secondary N) is 1. The molecule has 0 bridgehead atoms. The summed E-state index contributed by atoms with van der Waals surface area (Å²) in [6.07, 6.45) is 13.1. The highest BCUT2D eigenvalue weighted by molar-refractivity contribution is 9.11. The number of amides is 1. The molecular weight excluding hydrogens is 430 g/mol. The molecule has 0 aliphatic rings. The minimum atomic E-state index is 0.00678. The van der Waals surface area contributed by atoms with E-state index in [1.165, 1.54) is 57.8 Å². The summed E-state index contributed by atoms with van der Waals surface area (Å²) in [4.78, 5) is 12.2. The van der Waals surface area contributed by atoms with Gasteiger partial charge in [-0.15, -0.1) is 0 Å². The quantitative estimate of drug-likeness (QED) is 0.329. The fourth-order valence-electron chi connectivity index (χ4n) is 2.69. The Bertz CT molecular complexity index is 479. The van der Waals surface area contributed by atoms with Crippen LogP contribution in [0.4, 0.5) is 0 Å². The van der Waals surface area contributed by atoms with E-state index >= 15 is 0 Å². The number of hydrogen-bond acceptors (Lipinski definition) is 1. The van der Waals surface area contributed by atoms with Gasteiger partial charge in [0, 0.05) is 21.1 Å². The van der Waals surface area contributed by atoms with Crippen molar-refractivity contribution in [1.29, 1.82) is 0 Å². The lowest BCUT2D eigenvalue weighted by Crippen LogP contribution is -2.24. The second-order valence-corrected chi connectivity index (χ2v) is 8.21. The Morgan fingerprint density at radius 3 is 1.83 bits per heavy atom. The molecule has 1 aromatic carbocycles. The van der Waals surface area contributed by atoms with Crippen LogP contribution in [0.1, 0.15) is 87.1 Å². The van der Waals surface area contributed by atoms with Crippen molar-refractivity contribution in [3.05, 3.63) is 32.2 Å². The molecule has 0 heterocycles. The molecule has 0 aliphatic heterocycles. The minimum absolute atomic E-state index is 0.00678. The predicted molar refractivity (Wildman–Crippen MR) is 111 cm³/mol. The Labute approximate surface area is 164 Å². The predicted octanol–water partition coefficient (Wildman–Crippen LogP) is 7.17. The number of unbranched alkanes of at least 4 members (excludes halogenated alkanes) is 9. The van der Waals surface area contributed by atoms with E-state index in [0.29, 0.717) is 5.56 Å². The average molecular weight is 461 g/mol. The number of hydrogen-bond donors (Lipinski definition) is 1. The van der Waals surface area contributed by atoms with Crippen LogP contribution in [0.25, 0.3) is 0 Å². The number of rotatable bonds is 12. The normalized spacial score (nSPS) is 10.8. The second-order valence-electron chi connectivity index (χ2n) is 6.50. The molecule has 0 atom stereocenters. The van der Waals surface area contributed by atoms with Gasteiger partial charge in [0.05, 0.1) is 0 Å². The molecule has 1 aromatic rings. The molecule has 136 valence electrons. The summed E-state index contributed by atoms with van der Waals surface area (Å²) < 4.78 is 1.92. The molecule has 0 aromatic heterocycles. The summed E-state index contributed by atoms with van der Waals surface area (Å²) in [6.45, 7) is 5.04. The molecule has 1 amide bonds. The molecule has 1 rings (SSSR count). The third-order valence-electron chi connectivity index (χ3n) is 4.36. The van der Waals surface area contributed by atoms with Gasteiger partial charge in [-0.3, -0.25) is 4.79 Å². The molecule has 0 unspecified atom stereocenters. The van der Waals surface area contributed by atoms with Crippen molar-refractivity contribution in [1.82, 2.24) is 5.32 Å². The molecule has 1 N–H and O–H groups in total. The lowest BCUT2D eigenvalue weighted by Gasteiger charge is -2.08. The SMILES string of the molecule is CCCCCCCCCCCCNC(=O)c1cc(Br)c(C)c(Br)c1. The Balaban J connectivity index is 2.08. The zero-order valence-electron chi connectivity index (χ0n) is 15.1. The van der Waals surface area contributed by atoms with Crippen LogP contribution in [0.15, 0.2) is 21.1 Å². The van der Waals surface area contributed by atoms with Crippen LogP contribution < -0.4 is 5.32 Å². The van der Waals surface area contributed by atoms with E-state index in [-0.39, 0.29) is 5.91 Å². The number of carbonyl (C=O) groups is 1. The van der Waals surface area contributed by atoms with Crippen molar-refractivity contribution in [3.8, 4) is 0 Å². The number of carbonyl (C=O) groups excluding carboxylic acids is 1. The largest absolute Gasteiger partial charge is 0.352 e. The molecule has 0 spiro atoms. The van der Waals surface area contributed by atoms with Crippen LogP contribution in [0.3, 0.4) is 0 Å². The fraction of sp³-hybridized carbons (Fsp3) is 0.650. The van der Waals surface area contributed by atoms with Crippen LogP contribution in [0.2, 0.25) is 0 Å². The van der Waals surface area contributed by atoms with Gasteiger partial charge in [0.2, 0.25) is 0 Å². The Morgan fingerprint density at radius 1 is 0.875 bits per heavy atom. The average Bonchev–Trinajstić information content (AvgIpc) is 2.56. The Morgan fingerprint density at radius 2 is 1.33 bits per heavy atom. The Kier molecular flexibility index (Phi) is 11.7. The molecule has 0 saturated carbocycles. The van der Waals surface area contributed by atoms with Gasteiger partial charge in [-0.25, -0.2) is 0 Å². The first-order valence-electron chi connectivity index (χ1n) is 9.30. The highest BCUT2D eigenvalue weighted by Crippen LogP contribution is 2.26. The fourth-order valence-corrected chi connectivity index (χ4v) is 3.88.